The van der Waals surface area contributed by atoms with Crippen LogP contribution in [0.5, 0.6) is 0 Å². The van der Waals surface area contributed by atoms with Crippen molar-refractivity contribution in [2.45, 2.75) is 51.4 Å². The molecule has 1 saturated carbocycles. The smallest absolute Gasteiger partial charge is 0.0459 e. The molecule has 0 aromatic rings. The molecule has 1 fully saturated rings. The molecule has 14 heavy (non-hydrogen) atoms. The van der Waals surface area contributed by atoms with Crippen LogP contribution in [0, 0.1) is 11.8 Å². The molecule has 0 spiro atoms. The van der Waals surface area contributed by atoms with E-state index in [-0.39, 0.29) is 0 Å². The summed E-state index contributed by atoms with van der Waals surface area (Å²) in [7, 11) is 0. The average molecular weight is 200 g/mol. The maximum absolute atomic E-state index is 9.17. The molecule has 1 aliphatic rings. The fraction of sp³-hybridized carbons (Fsp3) is 1.00. The molecule has 2 atom stereocenters. The number of aliphatic hydroxyl groups excluding tert-OH is 2. The highest BCUT2D eigenvalue weighted by molar-refractivity contribution is 4.66. The van der Waals surface area contributed by atoms with Crippen LogP contribution in [0.2, 0.25) is 0 Å². The summed E-state index contributed by atoms with van der Waals surface area (Å²) in [6.45, 7) is 0.663. The van der Waals surface area contributed by atoms with Gasteiger partial charge in [0, 0.05) is 13.2 Å². The second kappa shape index (κ2) is 7.24. The molecule has 1 aliphatic carbocycles. The first-order valence-corrected chi connectivity index (χ1v) is 6.08. The van der Waals surface area contributed by atoms with Gasteiger partial charge in [0.1, 0.15) is 0 Å². The molecule has 84 valence electrons. The fourth-order valence-electron chi connectivity index (χ4n) is 2.34. The Labute approximate surface area is 87.3 Å². The van der Waals surface area contributed by atoms with E-state index in [1.165, 1.54) is 38.5 Å². The van der Waals surface area contributed by atoms with E-state index >= 15 is 0 Å². The van der Waals surface area contributed by atoms with Crippen molar-refractivity contribution in [3.05, 3.63) is 0 Å². The molecular formula is C12H24O2. The molecule has 0 amide bonds. The third kappa shape index (κ3) is 4.43. The summed E-state index contributed by atoms with van der Waals surface area (Å²) >= 11 is 0. The highest BCUT2D eigenvalue weighted by Gasteiger charge is 2.14. The van der Waals surface area contributed by atoms with E-state index in [1.54, 1.807) is 0 Å². The van der Waals surface area contributed by atoms with Crippen LogP contribution in [0.1, 0.15) is 51.4 Å². The van der Waals surface area contributed by atoms with E-state index < -0.39 is 0 Å². The Morgan fingerprint density at radius 1 is 0.643 bits per heavy atom. The number of hydrogen-bond donors (Lipinski definition) is 2. The highest BCUT2D eigenvalue weighted by Crippen LogP contribution is 2.24. The van der Waals surface area contributed by atoms with Crippen LogP contribution in [-0.4, -0.2) is 23.4 Å². The first-order chi connectivity index (χ1) is 6.86. The molecule has 0 bridgehead atoms. The van der Waals surface area contributed by atoms with Crippen molar-refractivity contribution in [3.63, 3.8) is 0 Å². The molecule has 2 unspecified atom stereocenters. The Bertz CT molecular complexity index is 120. The van der Waals surface area contributed by atoms with E-state index in [0.717, 1.165) is 12.8 Å². The van der Waals surface area contributed by atoms with Gasteiger partial charge >= 0.3 is 0 Å². The molecule has 0 saturated heterocycles. The van der Waals surface area contributed by atoms with Crippen molar-refractivity contribution in [1.82, 2.24) is 0 Å². The average Bonchev–Trinajstić information content (AvgIpc) is 2.25. The van der Waals surface area contributed by atoms with Gasteiger partial charge in [-0.15, -0.1) is 0 Å². The van der Waals surface area contributed by atoms with Gasteiger partial charge in [0.25, 0.3) is 0 Å². The lowest BCUT2D eigenvalue weighted by Crippen LogP contribution is -2.13. The highest BCUT2D eigenvalue weighted by atomic mass is 16.3. The Morgan fingerprint density at radius 2 is 1.07 bits per heavy atom. The molecule has 1 rings (SSSR count). The van der Waals surface area contributed by atoms with E-state index in [1.807, 2.05) is 0 Å². The van der Waals surface area contributed by atoms with Crippen molar-refractivity contribution in [2.75, 3.05) is 13.2 Å². The number of rotatable bonds is 2. The first-order valence-electron chi connectivity index (χ1n) is 6.08. The maximum atomic E-state index is 9.17. The minimum Gasteiger partial charge on any atom is -0.396 e. The molecule has 0 aliphatic heterocycles. The molecule has 0 radical (unpaired) electrons. The van der Waals surface area contributed by atoms with Crippen molar-refractivity contribution in [1.29, 1.82) is 0 Å². The molecular weight excluding hydrogens is 176 g/mol. The molecule has 0 heterocycles. The lowest BCUT2D eigenvalue weighted by Gasteiger charge is -2.20. The molecule has 2 heteroatoms. The second-order valence-corrected chi connectivity index (χ2v) is 4.67. The summed E-state index contributed by atoms with van der Waals surface area (Å²) in [6, 6.07) is 0. The Balaban J connectivity index is 2.32. The molecule has 2 nitrogen and oxygen atoms in total. The van der Waals surface area contributed by atoms with Gasteiger partial charge in [-0.2, -0.15) is 0 Å². The third-order valence-corrected chi connectivity index (χ3v) is 3.47. The lowest BCUT2D eigenvalue weighted by atomic mass is 9.88. The molecule has 2 N–H and O–H groups in total. The van der Waals surface area contributed by atoms with Crippen molar-refractivity contribution >= 4 is 0 Å². The largest absolute Gasteiger partial charge is 0.396 e. The zero-order valence-electron chi connectivity index (χ0n) is 9.12. The predicted molar refractivity (Wildman–Crippen MR) is 58.1 cm³/mol. The van der Waals surface area contributed by atoms with E-state index in [9.17, 15) is 0 Å². The van der Waals surface area contributed by atoms with Gasteiger partial charge in [0.05, 0.1) is 0 Å². The van der Waals surface area contributed by atoms with Gasteiger partial charge in [-0.05, 0) is 37.5 Å². The monoisotopic (exact) mass is 200 g/mol. The lowest BCUT2D eigenvalue weighted by molar-refractivity contribution is 0.166. The predicted octanol–water partition coefficient (Wildman–Crippen LogP) is 2.34. The topological polar surface area (TPSA) is 40.5 Å². The maximum Gasteiger partial charge on any atom is 0.0459 e. The summed E-state index contributed by atoms with van der Waals surface area (Å²) in [5.41, 5.74) is 0. The summed E-state index contributed by atoms with van der Waals surface area (Å²) < 4.78 is 0. The van der Waals surface area contributed by atoms with Gasteiger partial charge < -0.3 is 10.2 Å². The zero-order valence-corrected chi connectivity index (χ0v) is 9.12. The minimum atomic E-state index is 0.331. The number of aliphatic hydroxyl groups is 2. The molecule has 0 aromatic heterocycles. The Hall–Kier alpha value is -0.0800. The van der Waals surface area contributed by atoms with E-state index in [2.05, 4.69) is 0 Å². The van der Waals surface area contributed by atoms with Crippen LogP contribution in [0.15, 0.2) is 0 Å². The second-order valence-electron chi connectivity index (χ2n) is 4.67. The third-order valence-electron chi connectivity index (χ3n) is 3.47. The Kier molecular flexibility index (Phi) is 6.20. The summed E-state index contributed by atoms with van der Waals surface area (Å²) in [5.74, 6) is 0.976. The van der Waals surface area contributed by atoms with Gasteiger partial charge in [-0.25, -0.2) is 0 Å². The summed E-state index contributed by atoms with van der Waals surface area (Å²) in [5, 5.41) is 18.3. The first kappa shape index (κ1) is 12.0. The van der Waals surface area contributed by atoms with E-state index in [0.29, 0.717) is 25.0 Å². The summed E-state index contributed by atoms with van der Waals surface area (Å²) in [6.07, 6.45) is 9.69. The normalized spacial score (nSPS) is 31.3. The van der Waals surface area contributed by atoms with Crippen LogP contribution in [-0.2, 0) is 0 Å². The van der Waals surface area contributed by atoms with Crippen molar-refractivity contribution < 1.29 is 10.2 Å². The standard InChI is InChI=1S/C12H24O2/c13-9-11-5-3-1-2-4-6-12(10-14)8-7-11/h11-14H,1-10H2. The van der Waals surface area contributed by atoms with Crippen LogP contribution in [0.3, 0.4) is 0 Å². The Morgan fingerprint density at radius 3 is 1.43 bits per heavy atom. The minimum absolute atomic E-state index is 0.331. The number of hydrogen-bond acceptors (Lipinski definition) is 2. The van der Waals surface area contributed by atoms with Gasteiger partial charge in [-0.1, -0.05) is 25.7 Å². The van der Waals surface area contributed by atoms with Crippen molar-refractivity contribution in [3.8, 4) is 0 Å². The van der Waals surface area contributed by atoms with Crippen LogP contribution in [0.4, 0.5) is 0 Å². The van der Waals surface area contributed by atoms with E-state index in [4.69, 9.17) is 10.2 Å². The summed E-state index contributed by atoms with van der Waals surface area (Å²) in [4.78, 5) is 0. The van der Waals surface area contributed by atoms with Gasteiger partial charge in [-0.3, -0.25) is 0 Å². The fourth-order valence-corrected chi connectivity index (χ4v) is 2.34. The van der Waals surface area contributed by atoms with Gasteiger partial charge in [0.15, 0.2) is 0 Å². The van der Waals surface area contributed by atoms with Crippen LogP contribution >= 0.6 is 0 Å². The molecule has 0 aromatic carbocycles. The van der Waals surface area contributed by atoms with Crippen LogP contribution in [0.25, 0.3) is 0 Å². The van der Waals surface area contributed by atoms with Crippen molar-refractivity contribution in [2.24, 2.45) is 11.8 Å². The SMILES string of the molecule is OCC1CCCCCCC(CO)CC1. The quantitative estimate of drug-likeness (QED) is 0.718. The zero-order chi connectivity index (χ0) is 10.2. The van der Waals surface area contributed by atoms with Crippen LogP contribution < -0.4 is 0 Å². The van der Waals surface area contributed by atoms with Gasteiger partial charge in [0.2, 0.25) is 0 Å².